The summed E-state index contributed by atoms with van der Waals surface area (Å²) in [5.74, 6) is 0. The SMILES string of the molecule is Cc1cc(C#N)cc(-c2cc(-n3c4ccccc4c4ccc(C)cc43)c(C#N)c(-n3c4ccccc4c4ccc(C)cc43)c2)c1. The largest absolute Gasteiger partial charge is 0.308 e. The Morgan fingerprint density at radius 2 is 0.933 bits per heavy atom. The highest BCUT2D eigenvalue weighted by molar-refractivity contribution is 6.11. The molecule has 212 valence electrons. The summed E-state index contributed by atoms with van der Waals surface area (Å²) < 4.78 is 4.48. The number of hydrogen-bond donors (Lipinski definition) is 0. The molecule has 0 amide bonds. The van der Waals surface area contributed by atoms with Gasteiger partial charge in [0.1, 0.15) is 11.6 Å². The minimum absolute atomic E-state index is 0.584. The fraction of sp³-hybridized carbons (Fsp3) is 0.0732. The molecule has 0 bridgehead atoms. The molecule has 2 aromatic heterocycles. The highest BCUT2D eigenvalue weighted by atomic mass is 15.0. The van der Waals surface area contributed by atoms with Crippen LogP contribution in [-0.4, -0.2) is 9.13 Å². The van der Waals surface area contributed by atoms with Gasteiger partial charge < -0.3 is 9.13 Å². The second-order valence-electron chi connectivity index (χ2n) is 11.9. The number of aryl methyl sites for hydroxylation is 3. The van der Waals surface area contributed by atoms with E-state index in [1.807, 2.05) is 19.1 Å². The average Bonchev–Trinajstić information content (AvgIpc) is 3.55. The van der Waals surface area contributed by atoms with E-state index in [2.05, 4.69) is 138 Å². The van der Waals surface area contributed by atoms with Crippen molar-refractivity contribution < 1.29 is 0 Å². The summed E-state index contributed by atoms with van der Waals surface area (Å²) in [6.07, 6.45) is 0. The molecule has 8 aromatic rings. The number of aromatic nitrogens is 2. The fourth-order valence-corrected chi connectivity index (χ4v) is 6.94. The van der Waals surface area contributed by atoms with E-state index in [-0.39, 0.29) is 0 Å². The summed E-state index contributed by atoms with van der Waals surface area (Å²) in [6, 6.07) is 45.0. The molecule has 4 heteroatoms. The summed E-state index contributed by atoms with van der Waals surface area (Å²) in [5, 5.41) is 25.5. The van der Waals surface area contributed by atoms with E-state index in [0.717, 1.165) is 82.8 Å². The van der Waals surface area contributed by atoms with Gasteiger partial charge in [0, 0.05) is 21.5 Å². The van der Waals surface area contributed by atoms with Crippen LogP contribution in [0.15, 0.2) is 115 Å². The van der Waals surface area contributed by atoms with E-state index >= 15 is 0 Å². The van der Waals surface area contributed by atoms with Crippen LogP contribution in [0.3, 0.4) is 0 Å². The van der Waals surface area contributed by atoms with E-state index in [4.69, 9.17) is 0 Å². The predicted octanol–water partition coefficient (Wildman–Crippen LogP) is 10.2. The molecule has 0 N–H and O–H groups in total. The Kier molecular flexibility index (Phi) is 5.88. The fourth-order valence-electron chi connectivity index (χ4n) is 6.94. The Hall–Kier alpha value is -6.10. The number of hydrogen-bond acceptors (Lipinski definition) is 2. The van der Waals surface area contributed by atoms with Crippen molar-refractivity contribution >= 4 is 43.6 Å². The van der Waals surface area contributed by atoms with Crippen molar-refractivity contribution in [1.29, 1.82) is 10.5 Å². The van der Waals surface area contributed by atoms with Crippen molar-refractivity contribution in [1.82, 2.24) is 9.13 Å². The summed E-state index contributed by atoms with van der Waals surface area (Å²) in [4.78, 5) is 0. The van der Waals surface area contributed by atoms with Gasteiger partial charge in [0.05, 0.1) is 45.1 Å². The third-order valence-electron chi connectivity index (χ3n) is 8.89. The Labute approximate surface area is 261 Å². The van der Waals surface area contributed by atoms with Crippen molar-refractivity contribution in [2.45, 2.75) is 20.8 Å². The maximum atomic E-state index is 11.1. The monoisotopic (exact) mass is 576 g/mol. The van der Waals surface area contributed by atoms with Crippen LogP contribution in [0, 0.1) is 43.4 Å². The maximum absolute atomic E-state index is 11.1. The van der Waals surface area contributed by atoms with E-state index in [0.29, 0.717) is 11.1 Å². The summed E-state index contributed by atoms with van der Waals surface area (Å²) in [5.41, 5.74) is 12.2. The third kappa shape index (κ3) is 4.04. The minimum atomic E-state index is 0.584. The van der Waals surface area contributed by atoms with Gasteiger partial charge in [0.25, 0.3) is 0 Å². The van der Waals surface area contributed by atoms with Crippen LogP contribution >= 0.6 is 0 Å². The summed E-state index contributed by atoms with van der Waals surface area (Å²) in [7, 11) is 0. The molecule has 0 spiro atoms. The van der Waals surface area contributed by atoms with Gasteiger partial charge in [-0.05, 0) is 97.1 Å². The third-order valence-corrected chi connectivity index (χ3v) is 8.89. The second-order valence-corrected chi connectivity index (χ2v) is 11.9. The molecular weight excluding hydrogens is 548 g/mol. The number of para-hydroxylation sites is 2. The normalized spacial score (nSPS) is 11.4. The first-order valence-corrected chi connectivity index (χ1v) is 15.1. The highest BCUT2D eigenvalue weighted by Crippen LogP contribution is 2.40. The molecule has 0 fully saturated rings. The number of benzene rings is 6. The predicted molar refractivity (Wildman–Crippen MR) is 184 cm³/mol. The lowest BCUT2D eigenvalue weighted by Crippen LogP contribution is -2.05. The molecule has 45 heavy (non-hydrogen) atoms. The van der Waals surface area contributed by atoms with Crippen LogP contribution in [0.25, 0.3) is 66.1 Å². The van der Waals surface area contributed by atoms with Gasteiger partial charge in [-0.25, -0.2) is 0 Å². The van der Waals surface area contributed by atoms with E-state index < -0.39 is 0 Å². The van der Waals surface area contributed by atoms with Crippen molar-refractivity contribution in [2.75, 3.05) is 0 Å². The number of nitrogens with zero attached hydrogens (tertiary/aromatic N) is 4. The molecule has 0 aliphatic heterocycles. The number of nitriles is 2. The molecule has 0 saturated carbocycles. The van der Waals surface area contributed by atoms with Gasteiger partial charge in [0.15, 0.2) is 0 Å². The smallest absolute Gasteiger partial charge is 0.104 e. The summed E-state index contributed by atoms with van der Waals surface area (Å²) >= 11 is 0. The zero-order valence-electron chi connectivity index (χ0n) is 25.3. The van der Waals surface area contributed by atoms with Gasteiger partial charge in [-0.3, -0.25) is 0 Å². The van der Waals surface area contributed by atoms with E-state index in [9.17, 15) is 10.5 Å². The molecular formula is C41H28N4. The van der Waals surface area contributed by atoms with E-state index in [1.165, 1.54) is 0 Å². The van der Waals surface area contributed by atoms with Crippen LogP contribution in [0.1, 0.15) is 27.8 Å². The maximum Gasteiger partial charge on any atom is 0.104 e. The Bertz CT molecular complexity index is 2460. The van der Waals surface area contributed by atoms with Crippen LogP contribution in [0.4, 0.5) is 0 Å². The lowest BCUT2D eigenvalue weighted by atomic mass is 9.97. The van der Waals surface area contributed by atoms with Crippen LogP contribution in [0.5, 0.6) is 0 Å². The highest BCUT2D eigenvalue weighted by Gasteiger charge is 2.22. The van der Waals surface area contributed by atoms with Crippen LogP contribution in [0.2, 0.25) is 0 Å². The molecule has 2 heterocycles. The molecule has 0 radical (unpaired) electrons. The van der Waals surface area contributed by atoms with Crippen molar-refractivity contribution in [2.24, 2.45) is 0 Å². The first-order valence-electron chi connectivity index (χ1n) is 15.1. The molecule has 0 unspecified atom stereocenters. The topological polar surface area (TPSA) is 57.4 Å². The van der Waals surface area contributed by atoms with Gasteiger partial charge >= 0.3 is 0 Å². The standard InChI is InChI=1S/C41H28N4/c1-25-12-14-33-31-8-4-6-10-36(31)44(38(33)18-25)40-21-30(29-17-27(3)16-28(20-29)23-42)22-41(35(40)24-43)45-37-11-7-5-9-32(37)34-15-13-26(2)19-39(34)45/h4-22H,1-3H3. The van der Waals surface area contributed by atoms with Crippen LogP contribution < -0.4 is 0 Å². The van der Waals surface area contributed by atoms with E-state index in [1.54, 1.807) is 0 Å². The van der Waals surface area contributed by atoms with Gasteiger partial charge in [-0.1, -0.05) is 66.7 Å². The Morgan fingerprint density at radius 1 is 0.444 bits per heavy atom. The van der Waals surface area contributed by atoms with Crippen molar-refractivity contribution in [3.63, 3.8) is 0 Å². The lowest BCUT2D eigenvalue weighted by molar-refractivity contribution is 1.12. The molecule has 0 atom stereocenters. The average molecular weight is 577 g/mol. The van der Waals surface area contributed by atoms with Gasteiger partial charge in [-0.15, -0.1) is 0 Å². The zero-order valence-corrected chi connectivity index (χ0v) is 25.3. The Balaban J connectivity index is 1.59. The number of fused-ring (bicyclic) bond motifs is 6. The molecule has 0 aliphatic rings. The van der Waals surface area contributed by atoms with Crippen molar-refractivity contribution in [3.8, 4) is 34.6 Å². The quantitative estimate of drug-likeness (QED) is 0.210. The molecule has 8 rings (SSSR count). The lowest BCUT2D eigenvalue weighted by Gasteiger charge is -2.19. The molecule has 6 aromatic carbocycles. The second kappa shape index (κ2) is 9.98. The first-order chi connectivity index (χ1) is 21.9. The molecule has 4 nitrogen and oxygen atoms in total. The summed E-state index contributed by atoms with van der Waals surface area (Å²) in [6.45, 7) is 6.22. The minimum Gasteiger partial charge on any atom is -0.308 e. The van der Waals surface area contributed by atoms with Crippen molar-refractivity contribution in [3.05, 3.63) is 143 Å². The molecule has 0 saturated heterocycles. The Morgan fingerprint density at radius 3 is 1.44 bits per heavy atom. The van der Waals surface area contributed by atoms with Crippen LogP contribution in [-0.2, 0) is 0 Å². The first kappa shape index (κ1) is 26.5. The van der Waals surface area contributed by atoms with Gasteiger partial charge in [-0.2, -0.15) is 10.5 Å². The number of rotatable bonds is 3. The van der Waals surface area contributed by atoms with Gasteiger partial charge in [0.2, 0.25) is 0 Å². The molecule has 0 aliphatic carbocycles. The zero-order chi connectivity index (χ0) is 30.8.